The maximum atomic E-state index is 5.79. The van der Waals surface area contributed by atoms with E-state index in [0.717, 1.165) is 10.5 Å². The predicted molar refractivity (Wildman–Crippen MR) is 48.5 cm³/mol. The summed E-state index contributed by atoms with van der Waals surface area (Å²) in [6.07, 6.45) is 0. The summed E-state index contributed by atoms with van der Waals surface area (Å²) in [6, 6.07) is 3.54. The second-order valence-electron chi connectivity index (χ2n) is 2.03. The van der Waals surface area contributed by atoms with Crippen LogP contribution in [0.25, 0.3) is 0 Å². The molecule has 54 valence electrons. The Morgan fingerprint density at radius 2 is 1.60 bits per heavy atom. The molecule has 0 fully saturated rings. The van der Waals surface area contributed by atoms with Gasteiger partial charge in [-0.15, -0.1) is 12.6 Å². The minimum absolute atomic E-state index is 0.664. The molecular formula is C7H6Cl2S. The van der Waals surface area contributed by atoms with Crippen molar-refractivity contribution >= 4 is 35.8 Å². The molecule has 0 unspecified atom stereocenters. The molecule has 0 aliphatic rings. The van der Waals surface area contributed by atoms with E-state index in [0.29, 0.717) is 10.0 Å². The van der Waals surface area contributed by atoms with Crippen molar-refractivity contribution < 1.29 is 0 Å². The lowest BCUT2D eigenvalue weighted by Gasteiger charge is -2.00. The van der Waals surface area contributed by atoms with Crippen LogP contribution in [0, 0.1) is 6.92 Å². The van der Waals surface area contributed by atoms with Crippen molar-refractivity contribution in [2.75, 3.05) is 0 Å². The SMILES string of the molecule is Cc1c(Cl)cc(S)cc1Cl. The molecule has 3 heteroatoms. The van der Waals surface area contributed by atoms with Crippen LogP contribution in [0.1, 0.15) is 5.56 Å². The number of halogens is 2. The highest BCUT2D eigenvalue weighted by atomic mass is 35.5. The van der Waals surface area contributed by atoms with Crippen LogP contribution in [0.5, 0.6) is 0 Å². The van der Waals surface area contributed by atoms with Crippen LogP contribution in [-0.2, 0) is 0 Å². The molecule has 0 aromatic heterocycles. The van der Waals surface area contributed by atoms with Crippen LogP contribution < -0.4 is 0 Å². The van der Waals surface area contributed by atoms with E-state index in [1.807, 2.05) is 6.92 Å². The third-order valence-corrected chi connectivity index (χ3v) is 2.31. The summed E-state index contributed by atoms with van der Waals surface area (Å²) >= 11 is 15.7. The molecule has 0 spiro atoms. The Bertz CT molecular complexity index is 235. The summed E-state index contributed by atoms with van der Waals surface area (Å²) < 4.78 is 0. The Morgan fingerprint density at radius 1 is 1.20 bits per heavy atom. The van der Waals surface area contributed by atoms with Gasteiger partial charge in [0.25, 0.3) is 0 Å². The summed E-state index contributed by atoms with van der Waals surface area (Å²) in [5.41, 5.74) is 0.904. The van der Waals surface area contributed by atoms with Gasteiger partial charge in [-0.3, -0.25) is 0 Å². The Balaban J connectivity index is 3.31. The zero-order chi connectivity index (χ0) is 7.72. The molecule has 0 N–H and O–H groups in total. The second-order valence-corrected chi connectivity index (χ2v) is 3.37. The number of hydrogen-bond donors (Lipinski definition) is 1. The standard InChI is InChI=1S/C7H6Cl2S/c1-4-6(8)2-5(10)3-7(4)9/h2-3,10H,1H3. The quantitative estimate of drug-likeness (QED) is 0.598. The van der Waals surface area contributed by atoms with E-state index < -0.39 is 0 Å². The molecule has 0 heterocycles. The summed E-state index contributed by atoms with van der Waals surface area (Å²) in [5, 5.41) is 1.33. The molecule has 1 aromatic carbocycles. The molecule has 0 aliphatic heterocycles. The number of thiol groups is 1. The van der Waals surface area contributed by atoms with Crippen LogP contribution in [0.4, 0.5) is 0 Å². The van der Waals surface area contributed by atoms with Gasteiger partial charge < -0.3 is 0 Å². The first-order valence-corrected chi connectivity index (χ1v) is 3.96. The molecule has 10 heavy (non-hydrogen) atoms. The van der Waals surface area contributed by atoms with E-state index in [9.17, 15) is 0 Å². The van der Waals surface area contributed by atoms with E-state index in [1.165, 1.54) is 0 Å². The van der Waals surface area contributed by atoms with Crippen LogP contribution in [0.3, 0.4) is 0 Å². The fraction of sp³-hybridized carbons (Fsp3) is 0.143. The molecule has 0 aliphatic carbocycles. The topological polar surface area (TPSA) is 0 Å². The van der Waals surface area contributed by atoms with E-state index in [4.69, 9.17) is 23.2 Å². The summed E-state index contributed by atoms with van der Waals surface area (Å²) in [7, 11) is 0. The summed E-state index contributed by atoms with van der Waals surface area (Å²) in [4.78, 5) is 0.792. The van der Waals surface area contributed by atoms with E-state index in [-0.39, 0.29) is 0 Å². The van der Waals surface area contributed by atoms with Crippen LogP contribution in [0.2, 0.25) is 10.0 Å². The molecule has 0 nitrogen and oxygen atoms in total. The maximum absolute atomic E-state index is 5.79. The van der Waals surface area contributed by atoms with Gasteiger partial charge in [0.15, 0.2) is 0 Å². The van der Waals surface area contributed by atoms with Gasteiger partial charge in [-0.25, -0.2) is 0 Å². The summed E-state index contributed by atoms with van der Waals surface area (Å²) in [6.45, 7) is 1.87. The highest BCUT2D eigenvalue weighted by Crippen LogP contribution is 2.26. The van der Waals surface area contributed by atoms with Gasteiger partial charge in [0, 0.05) is 14.9 Å². The fourth-order valence-corrected chi connectivity index (χ4v) is 1.53. The Morgan fingerprint density at radius 3 is 2.00 bits per heavy atom. The first kappa shape index (κ1) is 8.25. The van der Waals surface area contributed by atoms with Crippen molar-refractivity contribution in [2.45, 2.75) is 11.8 Å². The van der Waals surface area contributed by atoms with Gasteiger partial charge in [0.2, 0.25) is 0 Å². The molecule has 0 saturated carbocycles. The van der Waals surface area contributed by atoms with Gasteiger partial charge >= 0.3 is 0 Å². The Kier molecular flexibility index (Phi) is 2.50. The van der Waals surface area contributed by atoms with Crippen molar-refractivity contribution in [3.8, 4) is 0 Å². The molecular weight excluding hydrogens is 187 g/mol. The number of hydrogen-bond acceptors (Lipinski definition) is 1. The van der Waals surface area contributed by atoms with Gasteiger partial charge in [-0.2, -0.15) is 0 Å². The van der Waals surface area contributed by atoms with Gasteiger partial charge in [0.1, 0.15) is 0 Å². The molecule has 0 amide bonds. The number of benzene rings is 1. The Hall–Kier alpha value is 0.150. The largest absolute Gasteiger partial charge is 0.143 e. The first-order chi connectivity index (χ1) is 4.61. The molecule has 1 rings (SSSR count). The minimum Gasteiger partial charge on any atom is -0.143 e. The average Bonchev–Trinajstić information content (AvgIpc) is 1.82. The van der Waals surface area contributed by atoms with Crippen molar-refractivity contribution in [3.63, 3.8) is 0 Å². The maximum Gasteiger partial charge on any atom is 0.0461 e. The lowest BCUT2D eigenvalue weighted by molar-refractivity contribution is 1.38. The third kappa shape index (κ3) is 1.60. The average molecular weight is 193 g/mol. The highest BCUT2D eigenvalue weighted by molar-refractivity contribution is 7.80. The second kappa shape index (κ2) is 3.04. The number of rotatable bonds is 0. The monoisotopic (exact) mass is 192 g/mol. The molecule has 0 saturated heterocycles. The molecule has 0 radical (unpaired) electrons. The highest BCUT2D eigenvalue weighted by Gasteiger charge is 2.00. The Labute approximate surface area is 75.6 Å². The fourth-order valence-electron chi connectivity index (χ4n) is 0.632. The normalized spacial score (nSPS) is 10.0. The summed E-state index contributed by atoms with van der Waals surface area (Å²) in [5.74, 6) is 0. The van der Waals surface area contributed by atoms with Gasteiger partial charge in [-0.05, 0) is 24.6 Å². The van der Waals surface area contributed by atoms with Gasteiger partial charge in [0.05, 0.1) is 0 Å². The lowest BCUT2D eigenvalue weighted by Crippen LogP contribution is -1.77. The van der Waals surface area contributed by atoms with Crippen LogP contribution >= 0.6 is 35.8 Å². The van der Waals surface area contributed by atoms with Crippen molar-refractivity contribution in [1.82, 2.24) is 0 Å². The zero-order valence-electron chi connectivity index (χ0n) is 5.36. The van der Waals surface area contributed by atoms with Crippen molar-refractivity contribution in [3.05, 3.63) is 27.7 Å². The minimum atomic E-state index is 0.664. The van der Waals surface area contributed by atoms with Gasteiger partial charge in [-0.1, -0.05) is 23.2 Å². The lowest BCUT2D eigenvalue weighted by atomic mass is 10.2. The van der Waals surface area contributed by atoms with Crippen molar-refractivity contribution in [1.29, 1.82) is 0 Å². The van der Waals surface area contributed by atoms with E-state index in [1.54, 1.807) is 12.1 Å². The first-order valence-electron chi connectivity index (χ1n) is 2.76. The molecule has 1 aromatic rings. The smallest absolute Gasteiger partial charge is 0.0461 e. The van der Waals surface area contributed by atoms with E-state index in [2.05, 4.69) is 12.6 Å². The molecule has 0 bridgehead atoms. The third-order valence-electron chi connectivity index (χ3n) is 1.27. The van der Waals surface area contributed by atoms with E-state index >= 15 is 0 Å². The van der Waals surface area contributed by atoms with Crippen LogP contribution in [-0.4, -0.2) is 0 Å². The zero-order valence-corrected chi connectivity index (χ0v) is 7.76. The predicted octanol–water partition coefficient (Wildman–Crippen LogP) is 3.59. The van der Waals surface area contributed by atoms with Crippen molar-refractivity contribution in [2.24, 2.45) is 0 Å². The van der Waals surface area contributed by atoms with Crippen LogP contribution in [0.15, 0.2) is 17.0 Å². The molecule has 0 atom stereocenters.